The predicted octanol–water partition coefficient (Wildman–Crippen LogP) is 3.49. The van der Waals surface area contributed by atoms with E-state index in [0.29, 0.717) is 0 Å². The van der Waals surface area contributed by atoms with E-state index in [1.807, 2.05) is 0 Å². The van der Waals surface area contributed by atoms with Gasteiger partial charge in [-0.1, -0.05) is 12.8 Å². The molecule has 2 rings (SSSR count). The lowest BCUT2D eigenvalue weighted by Gasteiger charge is -2.27. The molecular formula is C13H18BrNO. The summed E-state index contributed by atoms with van der Waals surface area (Å²) in [6.07, 6.45) is 4.65. The predicted molar refractivity (Wildman–Crippen MR) is 69.8 cm³/mol. The molecule has 0 spiro atoms. The number of halogens is 1. The topological polar surface area (TPSA) is 35.2 Å². The van der Waals surface area contributed by atoms with Gasteiger partial charge < -0.3 is 10.5 Å². The quantitative estimate of drug-likeness (QED) is 0.902. The van der Waals surface area contributed by atoms with Crippen molar-refractivity contribution in [2.45, 2.75) is 38.1 Å². The molecule has 1 aromatic carbocycles. The average Bonchev–Trinajstić information content (AvgIpc) is 2.69. The number of hydrogen-bond acceptors (Lipinski definition) is 2. The Kier molecular flexibility index (Phi) is 3.27. The van der Waals surface area contributed by atoms with Crippen molar-refractivity contribution in [3.63, 3.8) is 0 Å². The summed E-state index contributed by atoms with van der Waals surface area (Å²) in [5, 5.41) is 0. The Hall–Kier alpha value is -0.540. The van der Waals surface area contributed by atoms with Crippen LogP contribution in [0.15, 0.2) is 16.6 Å². The zero-order valence-corrected chi connectivity index (χ0v) is 11.4. The van der Waals surface area contributed by atoms with Crippen LogP contribution in [0.25, 0.3) is 0 Å². The largest absolute Gasteiger partial charge is 0.496 e. The van der Waals surface area contributed by atoms with E-state index in [2.05, 4.69) is 35.0 Å². The van der Waals surface area contributed by atoms with Crippen molar-refractivity contribution in [2.24, 2.45) is 5.73 Å². The van der Waals surface area contributed by atoms with Gasteiger partial charge in [0.2, 0.25) is 0 Å². The van der Waals surface area contributed by atoms with Crippen LogP contribution in [0.4, 0.5) is 0 Å². The standard InChI is InChI=1S/C13H18BrNO/c1-9-7-12(16-2)11(14)8-10(9)13(15)5-3-4-6-13/h7-8H,3-6,15H2,1-2H3. The minimum absolute atomic E-state index is 0.126. The molecule has 1 saturated carbocycles. The summed E-state index contributed by atoms with van der Waals surface area (Å²) in [5.41, 5.74) is 8.84. The molecule has 0 aromatic heterocycles. The zero-order chi connectivity index (χ0) is 11.8. The van der Waals surface area contributed by atoms with Gasteiger partial charge in [0.25, 0.3) is 0 Å². The molecule has 3 heteroatoms. The molecular weight excluding hydrogens is 266 g/mol. The van der Waals surface area contributed by atoms with Gasteiger partial charge in [-0.2, -0.15) is 0 Å². The van der Waals surface area contributed by atoms with E-state index in [4.69, 9.17) is 10.5 Å². The van der Waals surface area contributed by atoms with Crippen LogP contribution in [0.1, 0.15) is 36.8 Å². The Morgan fingerprint density at radius 3 is 2.50 bits per heavy atom. The molecule has 0 aliphatic heterocycles. The summed E-state index contributed by atoms with van der Waals surface area (Å²) in [5.74, 6) is 0.878. The highest BCUT2D eigenvalue weighted by atomic mass is 79.9. The van der Waals surface area contributed by atoms with E-state index >= 15 is 0 Å². The third-order valence-electron chi connectivity index (χ3n) is 3.53. The number of nitrogens with two attached hydrogens (primary N) is 1. The summed E-state index contributed by atoms with van der Waals surface area (Å²) in [6, 6.07) is 4.19. The molecule has 2 nitrogen and oxygen atoms in total. The second-order valence-corrected chi connectivity index (χ2v) is 5.52. The van der Waals surface area contributed by atoms with Crippen LogP contribution >= 0.6 is 15.9 Å². The summed E-state index contributed by atoms with van der Waals surface area (Å²) >= 11 is 3.53. The SMILES string of the molecule is COc1cc(C)c(C2(N)CCCC2)cc1Br. The summed E-state index contributed by atoms with van der Waals surface area (Å²) in [4.78, 5) is 0. The van der Waals surface area contributed by atoms with Gasteiger partial charge >= 0.3 is 0 Å². The number of ether oxygens (including phenoxy) is 1. The Morgan fingerprint density at radius 2 is 1.94 bits per heavy atom. The second kappa shape index (κ2) is 4.38. The third-order valence-corrected chi connectivity index (χ3v) is 4.15. The molecule has 88 valence electrons. The lowest BCUT2D eigenvalue weighted by atomic mass is 9.86. The maximum atomic E-state index is 6.48. The fraction of sp³-hybridized carbons (Fsp3) is 0.538. The smallest absolute Gasteiger partial charge is 0.133 e. The van der Waals surface area contributed by atoms with E-state index in [1.54, 1.807) is 7.11 Å². The number of methoxy groups -OCH3 is 1. The monoisotopic (exact) mass is 283 g/mol. The van der Waals surface area contributed by atoms with E-state index < -0.39 is 0 Å². The average molecular weight is 284 g/mol. The van der Waals surface area contributed by atoms with Gasteiger partial charge in [0, 0.05) is 5.54 Å². The van der Waals surface area contributed by atoms with Crippen LogP contribution < -0.4 is 10.5 Å². The van der Waals surface area contributed by atoms with Crippen molar-refractivity contribution in [1.29, 1.82) is 0 Å². The molecule has 1 aliphatic rings. The highest BCUT2D eigenvalue weighted by molar-refractivity contribution is 9.10. The Morgan fingerprint density at radius 1 is 1.31 bits per heavy atom. The second-order valence-electron chi connectivity index (χ2n) is 4.66. The van der Waals surface area contributed by atoms with Crippen LogP contribution in [-0.4, -0.2) is 7.11 Å². The van der Waals surface area contributed by atoms with Gasteiger partial charge in [-0.3, -0.25) is 0 Å². The number of aryl methyl sites for hydroxylation is 1. The minimum atomic E-state index is -0.126. The first-order valence-corrected chi connectivity index (χ1v) is 6.49. The Bertz CT molecular complexity index is 397. The van der Waals surface area contributed by atoms with Crippen LogP contribution in [0, 0.1) is 6.92 Å². The number of benzene rings is 1. The summed E-state index contributed by atoms with van der Waals surface area (Å²) in [6.45, 7) is 2.11. The van der Waals surface area contributed by atoms with Crippen molar-refractivity contribution >= 4 is 15.9 Å². The van der Waals surface area contributed by atoms with Crippen LogP contribution in [0.2, 0.25) is 0 Å². The summed E-state index contributed by atoms with van der Waals surface area (Å²) < 4.78 is 6.28. The van der Waals surface area contributed by atoms with Crippen LogP contribution in [-0.2, 0) is 5.54 Å². The molecule has 0 unspecified atom stereocenters. The zero-order valence-electron chi connectivity index (χ0n) is 9.85. The molecule has 0 amide bonds. The first-order chi connectivity index (χ1) is 7.57. The van der Waals surface area contributed by atoms with E-state index in [9.17, 15) is 0 Å². The fourth-order valence-corrected chi connectivity index (χ4v) is 3.13. The molecule has 0 bridgehead atoms. The minimum Gasteiger partial charge on any atom is -0.496 e. The van der Waals surface area contributed by atoms with E-state index in [-0.39, 0.29) is 5.54 Å². The lowest BCUT2D eigenvalue weighted by Crippen LogP contribution is -2.33. The first kappa shape index (κ1) is 11.9. The lowest BCUT2D eigenvalue weighted by molar-refractivity contribution is 0.409. The molecule has 0 saturated heterocycles. The number of hydrogen-bond donors (Lipinski definition) is 1. The van der Waals surface area contributed by atoms with Crippen LogP contribution in [0.3, 0.4) is 0 Å². The molecule has 1 fully saturated rings. The molecule has 0 atom stereocenters. The van der Waals surface area contributed by atoms with Crippen molar-refractivity contribution in [3.05, 3.63) is 27.7 Å². The Labute approximate surface area is 105 Å². The molecule has 0 radical (unpaired) electrons. The fourth-order valence-electron chi connectivity index (χ4n) is 2.62. The maximum absolute atomic E-state index is 6.48. The highest BCUT2D eigenvalue weighted by Gasteiger charge is 2.32. The van der Waals surface area contributed by atoms with Gasteiger partial charge in [-0.15, -0.1) is 0 Å². The van der Waals surface area contributed by atoms with E-state index in [0.717, 1.165) is 23.1 Å². The highest BCUT2D eigenvalue weighted by Crippen LogP contribution is 2.40. The molecule has 0 heterocycles. The van der Waals surface area contributed by atoms with Gasteiger partial charge in [0.1, 0.15) is 5.75 Å². The summed E-state index contributed by atoms with van der Waals surface area (Å²) in [7, 11) is 1.69. The van der Waals surface area contributed by atoms with Gasteiger partial charge in [0.05, 0.1) is 11.6 Å². The Balaban J connectivity index is 2.45. The van der Waals surface area contributed by atoms with Crippen LogP contribution in [0.5, 0.6) is 5.75 Å². The van der Waals surface area contributed by atoms with Crippen molar-refractivity contribution in [1.82, 2.24) is 0 Å². The van der Waals surface area contributed by atoms with Gasteiger partial charge in [0.15, 0.2) is 0 Å². The molecule has 1 aromatic rings. The maximum Gasteiger partial charge on any atom is 0.133 e. The molecule has 1 aliphatic carbocycles. The van der Waals surface area contributed by atoms with Crippen molar-refractivity contribution in [3.8, 4) is 5.75 Å². The van der Waals surface area contributed by atoms with Crippen molar-refractivity contribution < 1.29 is 4.74 Å². The first-order valence-electron chi connectivity index (χ1n) is 5.70. The van der Waals surface area contributed by atoms with Crippen molar-refractivity contribution in [2.75, 3.05) is 7.11 Å². The number of rotatable bonds is 2. The van der Waals surface area contributed by atoms with Gasteiger partial charge in [-0.05, 0) is 59.0 Å². The molecule has 2 N–H and O–H groups in total. The van der Waals surface area contributed by atoms with E-state index in [1.165, 1.54) is 24.0 Å². The molecule has 16 heavy (non-hydrogen) atoms. The third kappa shape index (κ3) is 1.98. The normalized spacial score (nSPS) is 18.8. The van der Waals surface area contributed by atoms with Gasteiger partial charge in [-0.25, -0.2) is 0 Å².